The van der Waals surface area contributed by atoms with Crippen molar-refractivity contribution >= 4 is 33.4 Å². The second-order valence-corrected chi connectivity index (χ2v) is 10.5. The molecule has 0 unspecified atom stereocenters. The predicted octanol–water partition coefficient (Wildman–Crippen LogP) is 4.61. The van der Waals surface area contributed by atoms with Crippen LogP contribution in [0.2, 0.25) is 0 Å². The van der Waals surface area contributed by atoms with Gasteiger partial charge in [-0.3, -0.25) is 4.31 Å². The average molecular weight is 489 g/mol. The summed E-state index contributed by atoms with van der Waals surface area (Å²) in [7, 11) is -2.54. The Hall–Kier alpha value is -2.98. The number of ether oxygens (including phenoxy) is 2. The first-order valence-corrected chi connectivity index (χ1v) is 12.8. The summed E-state index contributed by atoms with van der Waals surface area (Å²) in [5.74, 6) is -0.146. The number of rotatable bonds is 7. The van der Waals surface area contributed by atoms with Crippen LogP contribution in [-0.2, 0) is 14.8 Å². The van der Waals surface area contributed by atoms with Gasteiger partial charge in [0.1, 0.15) is 10.6 Å². The van der Waals surface area contributed by atoms with E-state index < -0.39 is 16.0 Å². The third-order valence-electron chi connectivity index (χ3n) is 5.26. The lowest BCUT2D eigenvalue weighted by atomic mass is 10.1. The van der Waals surface area contributed by atoms with Crippen molar-refractivity contribution in [2.24, 2.45) is 0 Å². The average Bonchev–Trinajstić information content (AvgIpc) is 3.33. The lowest BCUT2D eigenvalue weighted by Crippen LogP contribution is -2.39. The molecule has 33 heavy (non-hydrogen) atoms. The maximum absolute atomic E-state index is 13.9. The Kier molecular flexibility index (Phi) is 6.66. The Morgan fingerprint density at radius 3 is 2.73 bits per heavy atom. The molecule has 0 radical (unpaired) electrons. The molecule has 8 nitrogen and oxygen atoms in total. The lowest BCUT2D eigenvalue weighted by molar-refractivity contribution is 0.0514. The van der Waals surface area contributed by atoms with Gasteiger partial charge in [-0.05, 0) is 43.7 Å². The molecule has 0 N–H and O–H groups in total. The van der Waals surface area contributed by atoms with Gasteiger partial charge in [-0.15, -0.1) is 11.8 Å². The molecular weight excluding hydrogens is 464 g/mol. The summed E-state index contributed by atoms with van der Waals surface area (Å²) in [6.45, 7) is 4.30. The zero-order chi connectivity index (χ0) is 23.6. The van der Waals surface area contributed by atoms with Crippen LogP contribution in [0, 0.1) is 0 Å². The zero-order valence-electron chi connectivity index (χ0n) is 18.5. The highest BCUT2D eigenvalue weighted by atomic mass is 32.2. The number of aromatic nitrogens is 1. The Morgan fingerprint density at radius 1 is 1.21 bits per heavy atom. The molecule has 2 heterocycles. The van der Waals surface area contributed by atoms with E-state index in [1.165, 1.54) is 23.5 Å². The number of carbonyl (C=O) groups is 1. The zero-order valence-corrected chi connectivity index (χ0v) is 20.1. The minimum atomic E-state index is -3.97. The van der Waals surface area contributed by atoms with Crippen molar-refractivity contribution in [3.05, 3.63) is 54.2 Å². The highest BCUT2D eigenvalue weighted by Crippen LogP contribution is 2.43. The Bertz CT molecular complexity index is 1270. The van der Waals surface area contributed by atoms with Gasteiger partial charge in [0.05, 0.1) is 19.4 Å². The van der Waals surface area contributed by atoms with Crippen molar-refractivity contribution in [2.75, 3.05) is 24.6 Å². The standard InChI is InChI=1S/C23H24N2O6S2/c1-4-16-14-25(18-8-6-7-9-21(18)32-16)33(27,28)22-12-15(10-11-19(22)29-3)20-13-17(24-31-20)23(26)30-5-2/h6-13,16H,4-5,14H2,1-3H3/t16-/m1/s1. The first-order chi connectivity index (χ1) is 15.9. The number of nitrogens with zero attached hydrogens (tertiary/aromatic N) is 2. The van der Waals surface area contributed by atoms with Crippen molar-refractivity contribution in [1.29, 1.82) is 0 Å². The summed E-state index contributed by atoms with van der Waals surface area (Å²) in [6, 6.07) is 13.6. The predicted molar refractivity (Wildman–Crippen MR) is 125 cm³/mol. The smallest absolute Gasteiger partial charge is 0.360 e. The molecule has 0 fully saturated rings. The van der Waals surface area contributed by atoms with Gasteiger partial charge in [0, 0.05) is 28.3 Å². The summed E-state index contributed by atoms with van der Waals surface area (Å²) >= 11 is 1.69. The Morgan fingerprint density at radius 2 is 2.00 bits per heavy atom. The fourth-order valence-electron chi connectivity index (χ4n) is 3.57. The summed E-state index contributed by atoms with van der Waals surface area (Å²) in [6.07, 6.45) is 0.830. The molecule has 0 saturated carbocycles. The largest absolute Gasteiger partial charge is 0.495 e. The lowest BCUT2D eigenvalue weighted by Gasteiger charge is -2.34. The highest BCUT2D eigenvalue weighted by Gasteiger charge is 2.35. The number of esters is 1. The first-order valence-electron chi connectivity index (χ1n) is 10.5. The number of fused-ring (bicyclic) bond motifs is 1. The monoisotopic (exact) mass is 488 g/mol. The number of carbonyl (C=O) groups excluding carboxylic acids is 1. The number of para-hydroxylation sites is 1. The molecule has 0 spiro atoms. The van der Waals surface area contributed by atoms with E-state index in [2.05, 4.69) is 5.16 Å². The van der Waals surface area contributed by atoms with Crippen molar-refractivity contribution in [3.63, 3.8) is 0 Å². The van der Waals surface area contributed by atoms with Gasteiger partial charge in [-0.2, -0.15) is 0 Å². The molecule has 1 atom stereocenters. The van der Waals surface area contributed by atoms with Crippen LogP contribution in [0.3, 0.4) is 0 Å². The van der Waals surface area contributed by atoms with Crippen LogP contribution >= 0.6 is 11.8 Å². The minimum absolute atomic E-state index is 0.00754. The molecule has 1 aliphatic heterocycles. The van der Waals surface area contributed by atoms with Gasteiger partial charge < -0.3 is 14.0 Å². The summed E-state index contributed by atoms with van der Waals surface area (Å²) < 4.78 is 44.9. The molecule has 2 aromatic carbocycles. The first kappa shape index (κ1) is 23.2. The maximum atomic E-state index is 13.9. The van der Waals surface area contributed by atoms with Gasteiger partial charge >= 0.3 is 5.97 Å². The van der Waals surface area contributed by atoms with Crippen LogP contribution in [0.15, 0.2) is 62.8 Å². The third kappa shape index (κ3) is 4.45. The van der Waals surface area contributed by atoms with Crippen molar-refractivity contribution < 1.29 is 27.2 Å². The van der Waals surface area contributed by atoms with E-state index in [0.717, 1.165) is 11.3 Å². The normalized spacial score (nSPS) is 15.7. The van der Waals surface area contributed by atoms with Gasteiger partial charge in [0.25, 0.3) is 10.0 Å². The molecule has 1 aromatic heterocycles. The number of anilines is 1. The molecule has 0 bridgehead atoms. The molecule has 10 heteroatoms. The van der Waals surface area contributed by atoms with Crippen LogP contribution < -0.4 is 9.04 Å². The topological polar surface area (TPSA) is 98.9 Å². The van der Waals surface area contributed by atoms with Crippen LogP contribution in [-0.4, -0.2) is 45.1 Å². The molecular formula is C23H24N2O6S2. The molecule has 1 aliphatic rings. The van der Waals surface area contributed by atoms with E-state index in [-0.39, 0.29) is 34.0 Å². The number of hydrogen-bond acceptors (Lipinski definition) is 8. The van der Waals surface area contributed by atoms with E-state index in [4.69, 9.17) is 14.0 Å². The third-order valence-corrected chi connectivity index (χ3v) is 8.48. The number of benzene rings is 2. The maximum Gasteiger partial charge on any atom is 0.360 e. The fourth-order valence-corrected chi connectivity index (χ4v) is 6.64. The van der Waals surface area contributed by atoms with Crippen molar-refractivity contribution in [3.8, 4) is 17.1 Å². The highest BCUT2D eigenvalue weighted by molar-refractivity contribution is 8.00. The molecule has 174 valence electrons. The van der Waals surface area contributed by atoms with Gasteiger partial charge in [-0.25, -0.2) is 13.2 Å². The molecule has 0 amide bonds. The van der Waals surface area contributed by atoms with Crippen LogP contribution in [0.4, 0.5) is 5.69 Å². The Balaban J connectivity index is 1.78. The van der Waals surface area contributed by atoms with E-state index in [0.29, 0.717) is 17.8 Å². The van der Waals surface area contributed by atoms with Gasteiger partial charge in [0.15, 0.2) is 11.5 Å². The number of methoxy groups -OCH3 is 1. The molecule has 0 aliphatic carbocycles. The number of sulfonamides is 1. The SMILES string of the molecule is CCOC(=O)c1cc(-c2ccc(OC)c(S(=O)(=O)N3C[C@@H](CC)Sc4ccccc43)c2)on1. The minimum Gasteiger partial charge on any atom is -0.495 e. The summed E-state index contributed by atoms with van der Waals surface area (Å²) in [4.78, 5) is 12.9. The Labute approximate surface area is 196 Å². The summed E-state index contributed by atoms with van der Waals surface area (Å²) in [5, 5.41) is 3.87. The number of thioether (sulfide) groups is 1. The quantitative estimate of drug-likeness (QED) is 0.445. The fraction of sp³-hybridized carbons (Fsp3) is 0.304. The number of hydrogen-bond donors (Lipinski definition) is 0. The van der Waals surface area contributed by atoms with E-state index in [1.807, 2.05) is 31.2 Å². The summed E-state index contributed by atoms with van der Waals surface area (Å²) in [5.41, 5.74) is 1.10. The van der Waals surface area contributed by atoms with E-state index >= 15 is 0 Å². The van der Waals surface area contributed by atoms with Crippen molar-refractivity contribution in [2.45, 2.75) is 35.3 Å². The van der Waals surface area contributed by atoms with Gasteiger partial charge in [-0.1, -0.05) is 24.2 Å². The second-order valence-electron chi connectivity index (χ2n) is 7.31. The van der Waals surface area contributed by atoms with Crippen LogP contribution in [0.1, 0.15) is 30.8 Å². The molecule has 0 saturated heterocycles. The van der Waals surface area contributed by atoms with Crippen molar-refractivity contribution in [1.82, 2.24) is 5.16 Å². The van der Waals surface area contributed by atoms with Crippen LogP contribution in [0.5, 0.6) is 5.75 Å². The molecule has 3 aromatic rings. The van der Waals surface area contributed by atoms with Crippen LogP contribution in [0.25, 0.3) is 11.3 Å². The molecule has 4 rings (SSSR count). The second kappa shape index (κ2) is 9.48. The van der Waals surface area contributed by atoms with E-state index in [9.17, 15) is 13.2 Å². The van der Waals surface area contributed by atoms with Gasteiger partial charge in [0.2, 0.25) is 0 Å². The van der Waals surface area contributed by atoms with E-state index in [1.54, 1.807) is 30.8 Å².